The van der Waals surface area contributed by atoms with Crippen molar-refractivity contribution in [1.29, 1.82) is 5.26 Å². The quantitative estimate of drug-likeness (QED) is 0.730. The first-order chi connectivity index (χ1) is 6.81. The van der Waals surface area contributed by atoms with Gasteiger partial charge in [0.05, 0.1) is 17.3 Å². The Bertz CT molecular complexity index is 478. The van der Waals surface area contributed by atoms with Gasteiger partial charge in [0, 0.05) is 11.8 Å². The maximum Gasteiger partial charge on any atom is 0.174 e. The summed E-state index contributed by atoms with van der Waals surface area (Å²) < 4.78 is 0. The smallest absolute Gasteiger partial charge is 0.174 e. The highest BCUT2D eigenvalue weighted by atomic mass is 14.9. The standard InChI is InChI=1S/C11H7N3/c1-8-2-3-9(5-12)10(4-8)11-6-13-7-14-11/h2-4,6H,1H2,(H,13,14). The normalized spacial score (nSPS) is 9.71. The predicted molar refractivity (Wildman–Crippen MR) is 52.0 cm³/mol. The van der Waals surface area contributed by atoms with Crippen LogP contribution in [0.15, 0.2) is 24.4 Å². The highest BCUT2D eigenvalue weighted by Gasteiger charge is 2.06. The number of nitriles is 1. The molecule has 1 aromatic carbocycles. The van der Waals surface area contributed by atoms with Crippen molar-refractivity contribution in [2.24, 2.45) is 0 Å². The summed E-state index contributed by atoms with van der Waals surface area (Å²) in [6, 6.07) is 7.50. The lowest BCUT2D eigenvalue weighted by Gasteiger charge is -2.00. The fraction of sp³-hybridized carbons (Fsp3) is 0. The number of imidazole rings is 1. The second kappa shape index (κ2) is 3.35. The first-order valence-corrected chi connectivity index (χ1v) is 4.09. The molecule has 3 nitrogen and oxygen atoms in total. The first-order valence-electron chi connectivity index (χ1n) is 4.09. The maximum atomic E-state index is 8.89. The molecule has 0 amide bonds. The first kappa shape index (κ1) is 8.52. The van der Waals surface area contributed by atoms with E-state index in [4.69, 9.17) is 5.26 Å². The molecule has 3 heteroatoms. The highest BCUT2D eigenvalue weighted by molar-refractivity contribution is 5.67. The van der Waals surface area contributed by atoms with Crippen molar-refractivity contribution in [2.75, 3.05) is 0 Å². The van der Waals surface area contributed by atoms with E-state index in [1.54, 1.807) is 18.3 Å². The molecule has 0 fully saturated rings. The van der Waals surface area contributed by atoms with Gasteiger partial charge in [0.1, 0.15) is 0 Å². The van der Waals surface area contributed by atoms with Crippen LogP contribution >= 0.6 is 0 Å². The van der Waals surface area contributed by atoms with Crippen molar-refractivity contribution >= 4 is 0 Å². The van der Waals surface area contributed by atoms with E-state index in [-0.39, 0.29) is 0 Å². The molecule has 1 N–H and O–H groups in total. The van der Waals surface area contributed by atoms with Crippen molar-refractivity contribution in [1.82, 2.24) is 9.97 Å². The molecule has 0 aliphatic heterocycles. The molecule has 14 heavy (non-hydrogen) atoms. The van der Waals surface area contributed by atoms with Gasteiger partial charge < -0.3 is 4.98 Å². The molecule has 2 aromatic rings. The van der Waals surface area contributed by atoms with E-state index in [1.165, 1.54) is 0 Å². The lowest BCUT2D eigenvalue weighted by molar-refractivity contribution is 1.29. The lowest BCUT2D eigenvalue weighted by Crippen LogP contribution is -1.85. The molecule has 0 aliphatic carbocycles. The van der Waals surface area contributed by atoms with Gasteiger partial charge in [-0.2, -0.15) is 5.26 Å². The van der Waals surface area contributed by atoms with Gasteiger partial charge in [-0.05, 0) is 24.6 Å². The van der Waals surface area contributed by atoms with Crippen LogP contribution in [0.4, 0.5) is 0 Å². The number of nitrogens with one attached hydrogen (secondary N) is 1. The summed E-state index contributed by atoms with van der Waals surface area (Å²) in [5.74, 6) is 0. The third-order valence-corrected chi connectivity index (χ3v) is 1.93. The van der Waals surface area contributed by atoms with E-state index in [0.29, 0.717) is 11.3 Å². The number of nitrogens with zero attached hydrogens (tertiary/aromatic N) is 2. The van der Waals surface area contributed by atoms with Gasteiger partial charge in [-0.15, -0.1) is 0 Å². The summed E-state index contributed by atoms with van der Waals surface area (Å²) in [5, 5.41) is 8.89. The average molecular weight is 181 g/mol. The zero-order valence-corrected chi connectivity index (χ0v) is 7.41. The van der Waals surface area contributed by atoms with Crippen LogP contribution in [0.1, 0.15) is 11.1 Å². The van der Waals surface area contributed by atoms with E-state index < -0.39 is 0 Å². The molecule has 0 saturated heterocycles. The van der Waals surface area contributed by atoms with E-state index in [1.807, 2.05) is 6.07 Å². The molecule has 2 rings (SSSR count). The number of rotatable bonds is 1. The third kappa shape index (κ3) is 1.38. The summed E-state index contributed by atoms with van der Waals surface area (Å²) in [6.07, 6.45) is 4.30. The van der Waals surface area contributed by atoms with Crippen LogP contribution in [0.25, 0.3) is 11.3 Å². The Hall–Kier alpha value is -2.08. The predicted octanol–water partition coefficient (Wildman–Crippen LogP) is 1.93. The zero-order valence-electron chi connectivity index (χ0n) is 7.41. The summed E-state index contributed by atoms with van der Waals surface area (Å²) >= 11 is 0. The Morgan fingerprint density at radius 2 is 2.36 bits per heavy atom. The summed E-state index contributed by atoms with van der Waals surface area (Å²) in [4.78, 5) is 6.71. The van der Waals surface area contributed by atoms with E-state index >= 15 is 0 Å². The fourth-order valence-electron chi connectivity index (χ4n) is 1.26. The van der Waals surface area contributed by atoms with Crippen molar-refractivity contribution in [3.8, 4) is 17.3 Å². The number of H-pyrrole nitrogens is 1. The molecule has 0 unspecified atom stereocenters. The van der Waals surface area contributed by atoms with E-state index in [0.717, 1.165) is 11.1 Å². The molecule has 0 spiro atoms. The fourth-order valence-corrected chi connectivity index (χ4v) is 1.26. The number of hydrogen-bond acceptors (Lipinski definition) is 2. The second-order valence-electron chi connectivity index (χ2n) is 2.89. The Morgan fingerprint density at radius 1 is 1.50 bits per heavy atom. The van der Waals surface area contributed by atoms with E-state index in [2.05, 4.69) is 29.3 Å². The van der Waals surface area contributed by atoms with Gasteiger partial charge in [-0.1, -0.05) is 6.07 Å². The van der Waals surface area contributed by atoms with Crippen LogP contribution in [0.5, 0.6) is 0 Å². The number of aromatic amines is 1. The molecule has 0 aliphatic rings. The minimum absolute atomic E-state index is 0.595. The Morgan fingerprint density at radius 3 is 3.00 bits per heavy atom. The van der Waals surface area contributed by atoms with Crippen molar-refractivity contribution in [3.63, 3.8) is 0 Å². The van der Waals surface area contributed by atoms with Gasteiger partial charge in [-0.3, -0.25) is 0 Å². The van der Waals surface area contributed by atoms with Crippen molar-refractivity contribution in [3.05, 3.63) is 48.8 Å². The Kier molecular flexibility index (Phi) is 2.04. The Balaban J connectivity index is 2.63. The van der Waals surface area contributed by atoms with Crippen molar-refractivity contribution < 1.29 is 0 Å². The Labute approximate surface area is 82.0 Å². The van der Waals surface area contributed by atoms with Crippen LogP contribution in [-0.4, -0.2) is 9.97 Å². The van der Waals surface area contributed by atoms with Crippen LogP contribution < -0.4 is 0 Å². The van der Waals surface area contributed by atoms with Crippen molar-refractivity contribution in [2.45, 2.75) is 0 Å². The SMILES string of the molecule is [CH2]c1ccc(C#N)c(-c2c[nH][c]n2)c1. The molecule has 0 bridgehead atoms. The number of benzene rings is 1. The van der Waals surface area contributed by atoms with E-state index in [9.17, 15) is 0 Å². The topological polar surface area (TPSA) is 52.5 Å². The third-order valence-electron chi connectivity index (χ3n) is 1.93. The molecule has 0 atom stereocenters. The lowest BCUT2D eigenvalue weighted by atomic mass is 10.0. The minimum Gasteiger partial charge on any atom is -0.341 e. The molecule has 66 valence electrons. The van der Waals surface area contributed by atoms with Crippen LogP contribution in [-0.2, 0) is 0 Å². The summed E-state index contributed by atoms with van der Waals surface area (Å²) in [6.45, 7) is 3.81. The zero-order chi connectivity index (χ0) is 9.97. The average Bonchev–Trinajstić information content (AvgIpc) is 2.70. The molecule has 1 aromatic heterocycles. The van der Waals surface area contributed by atoms with Gasteiger partial charge in [0.2, 0.25) is 0 Å². The molecular weight excluding hydrogens is 174 g/mol. The molecule has 1 heterocycles. The van der Waals surface area contributed by atoms with Gasteiger partial charge >= 0.3 is 0 Å². The number of hydrogen-bond donors (Lipinski definition) is 1. The maximum absolute atomic E-state index is 8.89. The van der Waals surface area contributed by atoms with Crippen LogP contribution in [0.3, 0.4) is 0 Å². The highest BCUT2D eigenvalue weighted by Crippen LogP contribution is 2.21. The van der Waals surface area contributed by atoms with Gasteiger partial charge in [0.15, 0.2) is 6.33 Å². The van der Waals surface area contributed by atoms with Gasteiger partial charge in [-0.25, -0.2) is 4.98 Å². The van der Waals surface area contributed by atoms with Crippen LogP contribution in [0.2, 0.25) is 0 Å². The second-order valence-corrected chi connectivity index (χ2v) is 2.89. The molecule has 0 saturated carbocycles. The van der Waals surface area contributed by atoms with Gasteiger partial charge in [0.25, 0.3) is 0 Å². The van der Waals surface area contributed by atoms with Crippen LogP contribution in [0, 0.1) is 24.6 Å². The monoisotopic (exact) mass is 181 g/mol. The summed E-state index contributed by atoms with van der Waals surface area (Å²) in [5.41, 5.74) is 2.96. The summed E-state index contributed by atoms with van der Waals surface area (Å²) in [7, 11) is 0. The largest absolute Gasteiger partial charge is 0.341 e. The molecular formula is C11H7N3. The molecule has 2 radical (unpaired) electrons. The number of aromatic nitrogens is 2. The minimum atomic E-state index is 0.595.